The Hall–Kier alpha value is -2.11. The first-order valence-corrected chi connectivity index (χ1v) is 6.67. The number of halogens is 1. The molecule has 0 aliphatic rings. The lowest BCUT2D eigenvalue weighted by Crippen LogP contribution is -2.11. The Morgan fingerprint density at radius 1 is 1.15 bits per heavy atom. The fourth-order valence-electron chi connectivity index (χ4n) is 2.01. The Morgan fingerprint density at radius 2 is 1.80 bits per heavy atom. The van der Waals surface area contributed by atoms with E-state index in [0.717, 1.165) is 16.7 Å². The van der Waals surface area contributed by atoms with Gasteiger partial charge in [0.25, 0.3) is 0 Å². The Bertz CT molecular complexity index is 683. The minimum atomic E-state index is -0.781. The average Bonchev–Trinajstić information content (AvgIpc) is 2.44. The molecule has 2 nitrogen and oxygen atoms in total. The summed E-state index contributed by atoms with van der Waals surface area (Å²) in [5, 5.41) is 9.92. The predicted octanol–water partition coefficient (Wildman–Crippen LogP) is 4.45. The van der Waals surface area contributed by atoms with E-state index in [1.165, 1.54) is 0 Å². The number of hydrogen-bond donors (Lipinski definition) is 0. The molecule has 0 fully saturated rings. The minimum Gasteiger partial charge on any atom is -0.292 e. The van der Waals surface area contributed by atoms with E-state index in [0.29, 0.717) is 10.6 Å². The fraction of sp³-hybridized carbons (Fsp3) is 0.176. The van der Waals surface area contributed by atoms with Gasteiger partial charge in [0, 0.05) is 10.6 Å². The van der Waals surface area contributed by atoms with Gasteiger partial charge in [0.05, 0.1) is 6.07 Å². The van der Waals surface area contributed by atoms with Crippen LogP contribution in [-0.2, 0) is 0 Å². The lowest BCUT2D eigenvalue weighted by Gasteiger charge is -2.10. The summed E-state index contributed by atoms with van der Waals surface area (Å²) in [4.78, 5) is 12.5. The van der Waals surface area contributed by atoms with E-state index in [9.17, 15) is 10.1 Å². The zero-order chi connectivity index (χ0) is 14.7. The van der Waals surface area contributed by atoms with Crippen LogP contribution in [0.1, 0.15) is 33.0 Å². The molecule has 0 amide bonds. The van der Waals surface area contributed by atoms with Crippen molar-refractivity contribution in [2.45, 2.75) is 19.8 Å². The molecule has 1 atom stereocenters. The Morgan fingerprint density at radius 3 is 2.35 bits per heavy atom. The maximum absolute atomic E-state index is 12.5. The van der Waals surface area contributed by atoms with Crippen LogP contribution in [0.3, 0.4) is 0 Å². The van der Waals surface area contributed by atoms with Gasteiger partial charge in [0.15, 0.2) is 5.78 Å². The van der Waals surface area contributed by atoms with Crippen LogP contribution in [0.5, 0.6) is 0 Å². The molecular weight excluding hydrogens is 270 g/mol. The number of hydrogen-bond acceptors (Lipinski definition) is 2. The maximum atomic E-state index is 12.5. The van der Waals surface area contributed by atoms with Crippen LogP contribution in [0.25, 0.3) is 0 Å². The van der Waals surface area contributed by atoms with Crippen molar-refractivity contribution in [1.29, 1.82) is 5.26 Å². The number of carbonyl (C=O) groups excluding carboxylic acids is 1. The van der Waals surface area contributed by atoms with Crippen LogP contribution in [0, 0.1) is 25.2 Å². The number of nitrogens with zero attached hydrogens (tertiary/aromatic N) is 1. The molecule has 0 N–H and O–H groups in total. The summed E-state index contributed by atoms with van der Waals surface area (Å²) in [5.41, 5.74) is 3.16. The van der Waals surface area contributed by atoms with E-state index < -0.39 is 5.92 Å². The standard InChI is InChI=1S/C17H14ClNO/c1-11-3-5-13(6-4-11)15(10-19)17(20)14-7-8-16(18)12(2)9-14/h3-9,15H,1-2H3. The number of rotatable bonds is 3. The molecule has 0 heterocycles. The van der Waals surface area contributed by atoms with Gasteiger partial charge in [-0.15, -0.1) is 0 Å². The van der Waals surface area contributed by atoms with Crippen molar-refractivity contribution in [2.75, 3.05) is 0 Å². The predicted molar refractivity (Wildman–Crippen MR) is 80.1 cm³/mol. The third-order valence-corrected chi connectivity index (χ3v) is 3.67. The van der Waals surface area contributed by atoms with Gasteiger partial charge >= 0.3 is 0 Å². The highest BCUT2D eigenvalue weighted by atomic mass is 35.5. The number of benzene rings is 2. The molecule has 0 aliphatic carbocycles. The summed E-state index contributed by atoms with van der Waals surface area (Å²) in [6, 6.07) is 14.6. The highest BCUT2D eigenvalue weighted by Gasteiger charge is 2.21. The highest BCUT2D eigenvalue weighted by molar-refractivity contribution is 6.31. The first kappa shape index (κ1) is 14.3. The maximum Gasteiger partial charge on any atom is 0.184 e. The van der Waals surface area contributed by atoms with E-state index >= 15 is 0 Å². The van der Waals surface area contributed by atoms with Crippen molar-refractivity contribution in [3.8, 4) is 6.07 Å². The molecule has 0 saturated carbocycles. The Balaban J connectivity index is 2.36. The number of aryl methyl sites for hydroxylation is 2. The van der Waals surface area contributed by atoms with Crippen molar-refractivity contribution < 1.29 is 4.79 Å². The molecule has 0 radical (unpaired) electrons. The van der Waals surface area contributed by atoms with Gasteiger partial charge in [0.1, 0.15) is 5.92 Å². The van der Waals surface area contributed by atoms with Crippen LogP contribution in [0.2, 0.25) is 5.02 Å². The van der Waals surface area contributed by atoms with E-state index in [1.54, 1.807) is 18.2 Å². The molecule has 20 heavy (non-hydrogen) atoms. The second-order valence-electron chi connectivity index (χ2n) is 4.80. The van der Waals surface area contributed by atoms with Crippen LogP contribution < -0.4 is 0 Å². The zero-order valence-corrected chi connectivity index (χ0v) is 12.1. The second kappa shape index (κ2) is 5.90. The smallest absolute Gasteiger partial charge is 0.184 e. The largest absolute Gasteiger partial charge is 0.292 e. The fourth-order valence-corrected chi connectivity index (χ4v) is 2.13. The summed E-state index contributed by atoms with van der Waals surface area (Å²) in [7, 11) is 0. The molecular formula is C17H14ClNO. The summed E-state index contributed by atoms with van der Waals surface area (Å²) < 4.78 is 0. The monoisotopic (exact) mass is 283 g/mol. The van der Waals surface area contributed by atoms with Crippen molar-refractivity contribution in [3.63, 3.8) is 0 Å². The highest BCUT2D eigenvalue weighted by Crippen LogP contribution is 2.23. The van der Waals surface area contributed by atoms with Gasteiger partial charge in [-0.3, -0.25) is 4.79 Å². The SMILES string of the molecule is Cc1ccc(C(C#N)C(=O)c2ccc(Cl)c(C)c2)cc1. The van der Waals surface area contributed by atoms with Gasteiger partial charge in [-0.25, -0.2) is 0 Å². The van der Waals surface area contributed by atoms with Crippen molar-refractivity contribution >= 4 is 17.4 Å². The molecule has 100 valence electrons. The summed E-state index contributed by atoms with van der Waals surface area (Å²) in [6.07, 6.45) is 0. The van der Waals surface area contributed by atoms with Crippen LogP contribution in [-0.4, -0.2) is 5.78 Å². The summed E-state index contributed by atoms with van der Waals surface area (Å²) >= 11 is 5.96. The van der Waals surface area contributed by atoms with E-state index in [2.05, 4.69) is 6.07 Å². The molecule has 0 bridgehead atoms. The summed E-state index contributed by atoms with van der Waals surface area (Å²) in [6.45, 7) is 3.81. The van der Waals surface area contributed by atoms with E-state index in [1.807, 2.05) is 38.1 Å². The molecule has 3 heteroatoms. The van der Waals surface area contributed by atoms with Crippen LogP contribution in [0.15, 0.2) is 42.5 Å². The van der Waals surface area contributed by atoms with E-state index in [-0.39, 0.29) is 5.78 Å². The van der Waals surface area contributed by atoms with E-state index in [4.69, 9.17) is 11.6 Å². The summed E-state index contributed by atoms with van der Waals surface area (Å²) in [5.74, 6) is -0.979. The minimum absolute atomic E-state index is 0.198. The normalized spacial score (nSPS) is 11.7. The average molecular weight is 284 g/mol. The zero-order valence-electron chi connectivity index (χ0n) is 11.4. The molecule has 0 saturated heterocycles. The quantitative estimate of drug-likeness (QED) is 0.781. The number of nitriles is 1. The number of ketones is 1. The van der Waals surface area contributed by atoms with Gasteiger partial charge in [-0.1, -0.05) is 41.4 Å². The van der Waals surface area contributed by atoms with Gasteiger partial charge in [-0.05, 0) is 43.2 Å². The van der Waals surface area contributed by atoms with Gasteiger partial charge < -0.3 is 0 Å². The lowest BCUT2D eigenvalue weighted by atomic mass is 9.91. The van der Waals surface area contributed by atoms with Crippen molar-refractivity contribution in [2.24, 2.45) is 0 Å². The molecule has 2 aromatic carbocycles. The molecule has 2 rings (SSSR count). The van der Waals surface area contributed by atoms with Crippen molar-refractivity contribution in [3.05, 3.63) is 69.7 Å². The van der Waals surface area contributed by atoms with Gasteiger partial charge in [0.2, 0.25) is 0 Å². The number of Topliss-reactive ketones (excluding diaryl/α,β-unsaturated/α-hetero) is 1. The van der Waals surface area contributed by atoms with Crippen LogP contribution in [0.4, 0.5) is 0 Å². The Kier molecular flexibility index (Phi) is 4.22. The van der Waals surface area contributed by atoms with Crippen LogP contribution >= 0.6 is 11.6 Å². The molecule has 1 unspecified atom stereocenters. The lowest BCUT2D eigenvalue weighted by molar-refractivity contribution is 0.0979. The molecule has 0 aromatic heterocycles. The third kappa shape index (κ3) is 2.89. The third-order valence-electron chi connectivity index (χ3n) is 3.24. The van der Waals surface area contributed by atoms with Gasteiger partial charge in [-0.2, -0.15) is 5.26 Å². The topological polar surface area (TPSA) is 40.9 Å². The van der Waals surface area contributed by atoms with Crippen molar-refractivity contribution in [1.82, 2.24) is 0 Å². The Labute approximate surface area is 123 Å². The molecule has 2 aromatic rings. The first-order valence-electron chi connectivity index (χ1n) is 6.29. The number of carbonyl (C=O) groups is 1. The molecule has 0 aliphatic heterocycles. The molecule has 0 spiro atoms. The second-order valence-corrected chi connectivity index (χ2v) is 5.21. The first-order chi connectivity index (χ1) is 9.52.